The number of nitrogens with one attached hydrogen (secondary N) is 1. The highest BCUT2D eigenvalue weighted by molar-refractivity contribution is 5.36. The van der Waals surface area contributed by atoms with Gasteiger partial charge in [-0.05, 0) is 66.4 Å². The van der Waals surface area contributed by atoms with Gasteiger partial charge in [-0.3, -0.25) is 0 Å². The molecule has 3 heteroatoms. The SMILES string of the molecule is Fc1ccc(F)c(Cc2ccc3c(c2)CCNCC3)c1. The molecule has 1 aliphatic heterocycles. The molecule has 0 bridgehead atoms. The van der Waals surface area contributed by atoms with Gasteiger partial charge in [0.2, 0.25) is 0 Å². The predicted octanol–water partition coefficient (Wildman–Crippen LogP) is 3.24. The van der Waals surface area contributed by atoms with Gasteiger partial charge in [-0.2, -0.15) is 0 Å². The Hall–Kier alpha value is -1.74. The largest absolute Gasteiger partial charge is 0.316 e. The first-order chi connectivity index (χ1) is 9.72. The summed E-state index contributed by atoms with van der Waals surface area (Å²) in [5, 5.41) is 3.37. The zero-order chi connectivity index (χ0) is 13.9. The fraction of sp³-hybridized carbons (Fsp3) is 0.294. The number of fused-ring (bicyclic) bond motifs is 1. The third-order valence-electron chi connectivity index (χ3n) is 3.82. The van der Waals surface area contributed by atoms with E-state index in [9.17, 15) is 8.78 Å². The number of hydrogen-bond acceptors (Lipinski definition) is 1. The average Bonchev–Trinajstić information content (AvgIpc) is 2.67. The van der Waals surface area contributed by atoms with E-state index < -0.39 is 0 Å². The number of halogens is 2. The molecule has 0 unspecified atom stereocenters. The molecule has 0 spiro atoms. The van der Waals surface area contributed by atoms with E-state index in [1.165, 1.54) is 23.3 Å². The summed E-state index contributed by atoms with van der Waals surface area (Å²) in [6.07, 6.45) is 2.46. The second-order valence-corrected chi connectivity index (χ2v) is 5.27. The Balaban J connectivity index is 1.87. The lowest BCUT2D eigenvalue weighted by atomic mass is 9.96. The molecule has 0 amide bonds. The summed E-state index contributed by atoms with van der Waals surface area (Å²) in [7, 11) is 0. The molecule has 0 atom stereocenters. The molecule has 1 aliphatic rings. The van der Waals surface area contributed by atoms with Gasteiger partial charge in [0.25, 0.3) is 0 Å². The van der Waals surface area contributed by atoms with E-state index in [0.717, 1.165) is 37.6 Å². The van der Waals surface area contributed by atoms with E-state index in [1.54, 1.807) is 0 Å². The molecule has 2 aromatic carbocycles. The first kappa shape index (κ1) is 13.3. The summed E-state index contributed by atoms with van der Waals surface area (Å²) in [6.45, 7) is 1.98. The van der Waals surface area contributed by atoms with Crippen LogP contribution in [-0.2, 0) is 19.3 Å². The van der Waals surface area contributed by atoms with Gasteiger partial charge < -0.3 is 5.32 Å². The topological polar surface area (TPSA) is 12.0 Å². The van der Waals surface area contributed by atoms with Crippen LogP contribution in [-0.4, -0.2) is 13.1 Å². The van der Waals surface area contributed by atoms with Crippen molar-refractivity contribution in [3.63, 3.8) is 0 Å². The molecular formula is C17H17F2N. The van der Waals surface area contributed by atoms with Crippen LogP contribution in [0.5, 0.6) is 0 Å². The summed E-state index contributed by atoms with van der Waals surface area (Å²) >= 11 is 0. The maximum Gasteiger partial charge on any atom is 0.126 e. The lowest BCUT2D eigenvalue weighted by Crippen LogP contribution is -2.16. The van der Waals surface area contributed by atoms with Gasteiger partial charge in [-0.25, -0.2) is 8.78 Å². The first-order valence-corrected chi connectivity index (χ1v) is 6.98. The molecule has 0 saturated heterocycles. The Bertz CT molecular complexity index is 622. The maximum absolute atomic E-state index is 13.7. The van der Waals surface area contributed by atoms with Crippen LogP contribution >= 0.6 is 0 Å². The van der Waals surface area contributed by atoms with E-state index >= 15 is 0 Å². The molecule has 0 aromatic heterocycles. The van der Waals surface area contributed by atoms with Crippen LogP contribution in [0.1, 0.15) is 22.3 Å². The smallest absolute Gasteiger partial charge is 0.126 e. The summed E-state index contributed by atoms with van der Waals surface area (Å²) < 4.78 is 26.9. The van der Waals surface area contributed by atoms with E-state index in [-0.39, 0.29) is 11.6 Å². The van der Waals surface area contributed by atoms with Crippen molar-refractivity contribution < 1.29 is 8.78 Å². The van der Waals surface area contributed by atoms with Crippen molar-refractivity contribution in [2.75, 3.05) is 13.1 Å². The van der Waals surface area contributed by atoms with Gasteiger partial charge >= 0.3 is 0 Å². The lowest BCUT2D eigenvalue weighted by molar-refractivity contribution is 0.588. The summed E-state index contributed by atoms with van der Waals surface area (Å²) in [5.41, 5.74) is 4.13. The fourth-order valence-electron chi connectivity index (χ4n) is 2.74. The molecule has 1 nitrogen and oxygen atoms in total. The minimum atomic E-state index is -0.389. The first-order valence-electron chi connectivity index (χ1n) is 6.98. The Kier molecular flexibility index (Phi) is 3.79. The molecule has 0 fully saturated rings. The molecule has 3 rings (SSSR count). The zero-order valence-corrected chi connectivity index (χ0v) is 11.3. The lowest BCUT2D eigenvalue weighted by Gasteiger charge is -2.09. The number of benzene rings is 2. The monoisotopic (exact) mass is 273 g/mol. The fourth-order valence-corrected chi connectivity index (χ4v) is 2.74. The van der Waals surface area contributed by atoms with E-state index in [1.807, 2.05) is 6.07 Å². The van der Waals surface area contributed by atoms with Crippen molar-refractivity contribution in [1.29, 1.82) is 0 Å². The van der Waals surface area contributed by atoms with Gasteiger partial charge in [0, 0.05) is 6.42 Å². The van der Waals surface area contributed by atoms with Crippen LogP contribution in [0.4, 0.5) is 8.78 Å². The third kappa shape index (κ3) is 2.88. The van der Waals surface area contributed by atoms with Gasteiger partial charge in [0.05, 0.1) is 0 Å². The molecule has 1 N–H and O–H groups in total. The second kappa shape index (κ2) is 5.71. The minimum absolute atomic E-state index is 0.344. The Morgan fingerprint density at radius 1 is 0.900 bits per heavy atom. The molecule has 20 heavy (non-hydrogen) atoms. The molecule has 104 valence electrons. The van der Waals surface area contributed by atoms with Gasteiger partial charge in [0.15, 0.2) is 0 Å². The van der Waals surface area contributed by atoms with E-state index in [2.05, 4.69) is 17.4 Å². The quantitative estimate of drug-likeness (QED) is 0.885. The third-order valence-corrected chi connectivity index (χ3v) is 3.82. The van der Waals surface area contributed by atoms with E-state index in [4.69, 9.17) is 0 Å². The molecule has 1 heterocycles. The highest BCUT2D eigenvalue weighted by Gasteiger charge is 2.10. The summed E-state index contributed by atoms with van der Waals surface area (Å²) in [4.78, 5) is 0. The standard InChI is InChI=1S/C17H17F2N/c18-16-3-4-17(19)15(11-16)10-12-1-2-13-5-7-20-8-6-14(13)9-12/h1-4,9,11,20H,5-8,10H2. The van der Waals surface area contributed by atoms with Crippen LogP contribution in [0.2, 0.25) is 0 Å². The van der Waals surface area contributed by atoms with Crippen molar-refractivity contribution >= 4 is 0 Å². The van der Waals surface area contributed by atoms with Crippen LogP contribution in [0.3, 0.4) is 0 Å². The summed E-state index contributed by atoms with van der Waals surface area (Å²) in [5.74, 6) is -0.733. The number of hydrogen-bond donors (Lipinski definition) is 1. The summed E-state index contributed by atoms with van der Waals surface area (Å²) in [6, 6.07) is 9.90. The van der Waals surface area contributed by atoms with Crippen molar-refractivity contribution in [3.05, 3.63) is 70.3 Å². The number of rotatable bonds is 2. The minimum Gasteiger partial charge on any atom is -0.316 e. The molecular weight excluding hydrogens is 256 g/mol. The molecule has 0 aliphatic carbocycles. The zero-order valence-electron chi connectivity index (χ0n) is 11.3. The predicted molar refractivity (Wildman–Crippen MR) is 75.9 cm³/mol. The van der Waals surface area contributed by atoms with Gasteiger partial charge in [-0.15, -0.1) is 0 Å². The molecule has 2 aromatic rings. The van der Waals surface area contributed by atoms with E-state index in [0.29, 0.717) is 12.0 Å². The van der Waals surface area contributed by atoms with Crippen molar-refractivity contribution in [1.82, 2.24) is 5.32 Å². The van der Waals surface area contributed by atoms with Crippen LogP contribution in [0, 0.1) is 11.6 Å². The second-order valence-electron chi connectivity index (χ2n) is 5.27. The normalized spacial score (nSPS) is 14.7. The van der Waals surface area contributed by atoms with Crippen LogP contribution < -0.4 is 5.32 Å². The molecule has 0 saturated carbocycles. The van der Waals surface area contributed by atoms with Crippen molar-refractivity contribution in [2.24, 2.45) is 0 Å². The van der Waals surface area contributed by atoms with Crippen molar-refractivity contribution in [2.45, 2.75) is 19.3 Å². The van der Waals surface area contributed by atoms with Crippen LogP contribution in [0.25, 0.3) is 0 Å². The van der Waals surface area contributed by atoms with Gasteiger partial charge in [0.1, 0.15) is 11.6 Å². The Labute approximate surface area is 117 Å². The highest BCUT2D eigenvalue weighted by atomic mass is 19.1. The highest BCUT2D eigenvalue weighted by Crippen LogP contribution is 2.19. The Morgan fingerprint density at radius 2 is 1.70 bits per heavy atom. The molecule has 0 radical (unpaired) electrons. The van der Waals surface area contributed by atoms with Crippen LogP contribution in [0.15, 0.2) is 36.4 Å². The Morgan fingerprint density at radius 3 is 2.55 bits per heavy atom. The maximum atomic E-state index is 13.7. The van der Waals surface area contributed by atoms with Crippen molar-refractivity contribution in [3.8, 4) is 0 Å². The van der Waals surface area contributed by atoms with Gasteiger partial charge in [-0.1, -0.05) is 18.2 Å². The average molecular weight is 273 g/mol.